The van der Waals surface area contributed by atoms with Crippen molar-refractivity contribution in [3.8, 4) is 0 Å². The molecule has 0 aromatic heterocycles. The molecule has 0 bridgehead atoms. The van der Waals surface area contributed by atoms with Crippen molar-refractivity contribution in [2.75, 3.05) is 13.2 Å². The number of rotatable bonds is 7. The van der Waals surface area contributed by atoms with Crippen LogP contribution in [-0.4, -0.2) is 73.9 Å². The zero-order valence-electron chi connectivity index (χ0n) is 10.9. The quantitative estimate of drug-likeness (QED) is 0.305. The van der Waals surface area contributed by atoms with Crippen molar-refractivity contribution < 1.29 is 40.2 Å². The highest BCUT2D eigenvalue weighted by atomic mass is 16.4. The Hall–Kier alpha value is -1.06. The van der Waals surface area contributed by atoms with E-state index in [9.17, 15) is 9.59 Å². The fourth-order valence-corrected chi connectivity index (χ4v) is 0.952. The van der Waals surface area contributed by atoms with Crippen LogP contribution in [-0.2, 0) is 9.59 Å². The smallest absolute Gasteiger partial charge is 0.303 e. The van der Waals surface area contributed by atoms with Gasteiger partial charge in [-0.05, 0) is 5.92 Å². The number of aliphatic carboxylic acids is 1. The fourth-order valence-electron chi connectivity index (χ4n) is 0.952. The molecule has 8 heteroatoms. The molecule has 0 saturated carbocycles. The molecule has 0 amide bonds. The number of ketones is 1. The van der Waals surface area contributed by atoms with E-state index in [1.54, 1.807) is 0 Å². The van der Waals surface area contributed by atoms with Crippen LogP contribution in [0.5, 0.6) is 0 Å². The summed E-state index contributed by atoms with van der Waals surface area (Å²) in [6, 6.07) is 0. The fraction of sp³-hybridized carbons (Fsp3) is 0.818. The predicted octanol–water partition coefficient (Wildman–Crippen LogP) is -2.26. The summed E-state index contributed by atoms with van der Waals surface area (Å²) in [5, 5.41) is 51.1. The topological polar surface area (TPSA) is 156 Å². The van der Waals surface area contributed by atoms with Gasteiger partial charge in [0.15, 0.2) is 5.78 Å². The molecule has 3 atom stereocenters. The summed E-state index contributed by atoms with van der Waals surface area (Å²) in [5.74, 6) is -1.44. The lowest BCUT2D eigenvalue weighted by Gasteiger charge is -2.19. The maximum Gasteiger partial charge on any atom is 0.303 e. The van der Waals surface area contributed by atoms with Crippen molar-refractivity contribution in [2.45, 2.75) is 38.6 Å². The molecular weight excluding hydrogens is 260 g/mol. The normalized spacial score (nSPS) is 15.2. The van der Waals surface area contributed by atoms with Crippen molar-refractivity contribution in [1.29, 1.82) is 0 Å². The van der Waals surface area contributed by atoms with Gasteiger partial charge >= 0.3 is 5.97 Å². The van der Waals surface area contributed by atoms with E-state index in [0.29, 0.717) is 0 Å². The summed E-state index contributed by atoms with van der Waals surface area (Å²) in [6.07, 6.45) is -4.94. The van der Waals surface area contributed by atoms with E-state index in [-0.39, 0.29) is 12.3 Å². The Labute approximate surface area is 110 Å². The molecule has 0 aromatic rings. The number of hydrogen-bond acceptors (Lipinski definition) is 7. The maximum absolute atomic E-state index is 10.5. The molecule has 114 valence electrons. The molecule has 0 spiro atoms. The monoisotopic (exact) mass is 282 g/mol. The molecule has 0 aromatic carbocycles. The molecule has 8 nitrogen and oxygen atoms in total. The van der Waals surface area contributed by atoms with Crippen LogP contribution in [0.15, 0.2) is 0 Å². The highest BCUT2D eigenvalue weighted by molar-refractivity contribution is 5.84. The predicted molar refractivity (Wildman–Crippen MR) is 64.3 cm³/mol. The highest BCUT2D eigenvalue weighted by Gasteiger charge is 2.28. The van der Waals surface area contributed by atoms with Gasteiger partial charge in [0.05, 0.1) is 6.61 Å². The number of carbonyl (C=O) groups is 2. The number of aliphatic hydroxyl groups excluding tert-OH is 5. The average Bonchev–Trinajstić information content (AvgIpc) is 2.34. The standard InChI is InChI=1S/C6H12O6.C5H10O2/c7-1-3(9)5(11)6(12)4(10)2-8;1-4(2)3-5(6)7/h3,5-9,11-12H,1-2H2;4H,3H2,1-2H3,(H,6,7). The molecule has 0 radical (unpaired) electrons. The number of Topliss-reactive ketones (excluding diaryl/α,β-unsaturated/α-hetero) is 1. The first-order chi connectivity index (χ1) is 8.67. The highest BCUT2D eigenvalue weighted by Crippen LogP contribution is 2.00. The van der Waals surface area contributed by atoms with E-state index < -0.39 is 43.3 Å². The molecule has 0 aliphatic rings. The SMILES string of the molecule is CC(C)CC(=O)O.O=C(CO)C(O)C(O)C(O)CO. The van der Waals surface area contributed by atoms with Crippen LogP contribution >= 0.6 is 0 Å². The molecule has 0 heterocycles. The number of carboxylic acids is 1. The minimum atomic E-state index is -1.86. The van der Waals surface area contributed by atoms with Crippen molar-refractivity contribution in [3.63, 3.8) is 0 Å². The molecule has 0 rings (SSSR count). The number of carbonyl (C=O) groups excluding carboxylic acids is 1. The number of aliphatic hydroxyl groups is 5. The van der Waals surface area contributed by atoms with Gasteiger partial charge in [-0.1, -0.05) is 13.8 Å². The molecule has 0 aliphatic heterocycles. The Morgan fingerprint density at radius 1 is 1.05 bits per heavy atom. The van der Waals surface area contributed by atoms with Gasteiger partial charge in [0.2, 0.25) is 0 Å². The van der Waals surface area contributed by atoms with E-state index in [1.165, 1.54) is 0 Å². The van der Waals surface area contributed by atoms with Gasteiger partial charge < -0.3 is 30.6 Å². The lowest BCUT2D eigenvalue weighted by molar-refractivity contribution is -0.142. The zero-order chi connectivity index (χ0) is 15.6. The van der Waals surface area contributed by atoms with Crippen molar-refractivity contribution >= 4 is 11.8 Å². The Morgan fingerprint density at radius 2 is 1.53 bits per heavy atom. The summed E-state index contributed by atoms with van der Waals surface area (Å²) in [5.41, 5.74) is 0. The first-order valence-electron chi connectivity index (χ1n) is 5.67. The van der Waals surface area contributed by atoms with Crippen molar-refractivity contribution in [3.05, 3.63) is 0 Å². The van der Waals surface area contributed by atoms with Gasteiger partial charge in [-0.3, -0.25) is 9.59 Å². The molecule has 0 saturated heterocycles. The minimum Gasteiger partial charge on any atom is -0.481 e. The molecule has 19 heavy (non-hydrogen) atoms. The molecule has 3 unspecified atom stereocenters. The second-order valence-corrected chi connectivity index (χ2v) is 4.30. The maximum atomic E-state index is 10.5. The summed E-state index contributed by atoms with van der Waals surface area (Å²) in [4.78, 5) is 20.3. The first kappa shape index (κ1) is 20.3. The van der Waals surface area contributed by atoms with E-state index in [4.69, 9.17) is 30.6 Å². The van der Waals surface area contributed by atoms with Gasteiger partial charge in [0.1, 0.15) is 24.9 Å². The van der Waals surface area contributed by atoms with Crippen molar-refractivity contribution in [2.24, 2.45) is 5.92 Å². The molecule has 0 fully saturated rings. The van der Waals surface area contributed by atoms with E-state index in [2.05, 4.69) is 0 Å². The first-order valence-corrected chi connectivity index (χ1v) is 5.67. The van der Waals surface area contributed by atoms with Gasteiger partial charge in [0, 0.05) is 6.42 Å². The van der Waals surface area contributed by atoms with Crippen LogP contribution in [0.3, 0.4) is 0 Å². The second kappa shape index (κ2) is 10.8. The average molecular weight is 282 g/mol. The Balaban J connectivity index is 0. The minimum absolute atomic E-state index is 0.275. The van der Waals surface area contributed by atoms with Crippen molar-refractivity contribution in [1.82, 2.24) is 0 Å². The van der Waals surface area contributed by atoms with Crippen LogP contribution < -0.4 is 0 Å². The van der Waals surface area contributed by atoms with Gasteiger partial charge in [0.25, 0.3) is 0 Å². The Bertz CT molecular complexity index is 265. The number of hydrogen-bond donors (Lipinski definition) is 6. The van der Waals surface area contributed by atoms with Gasteiger partial charge in [-0.2, -0.15) is 0 Å². The summed E-state index contributed by atoms with van der Waals surface area (Å²) >= 11 is 0. The molecular formula is C11H22O8. The van der Waals surface area contributed by atoms with E-state index in [1.807, 2.05) is 13.8 Å². The van der Waals surface area contributed by atoms with Crippen LogP contribution in [0, 0.1) is 5.92 Å². The third-order valence-electron chi connectivity index (χ3n) is 1.97. The zero-order valence-corrected chi connectivity index (χ0v) is 10.9. The largest absolute Gasteiger partial charge is 0.481 e. The van der Waals surface area contributed by atoms with Crippen LogP contribution in [0.1, 0.15) is 20.3 Å². The summed E-state index contributed by atoms with van der Waals surface area (Å²) in [7, 11) is 0. The van der Waals surface area contributed by atoms with Crippen LogP contribution in [0.25, 0.3) is 0 Å². The summed E-state index contributed by atoms with van der Waals surface area (Å²) in [6.45, 7) is 2.08. The van der Waals surface area contributed by atoms with Crippen LogP contribution in [0.4, 0.5) is 0 Å². The third-order valence-corrected chi connectivity index (χ3v) is 1.97. The van der Waals surface area contributed by atoms with Gasteiger partial charge in [-0.25, -0.2) is 0 Å². The van der Waals surface area contributed by atoms with Crippen LogP contribution in [0.2, 0.25) is 0 Å². The Morgan fingerprint density at radius 3 is 1.74 bits per heavy atom. The number of carboxylic acid groups (broad SMARTS) is 1. The summed E-state index contributed by atoms with van der Waals surface area (Å²) < 4.78 is 0. The Kier molecular flexibility index (Phi) is 11.5. The second-order valence-electron chi connectivity index (χ2n) is 4.30. The van der Waals surface area contributed by atoms with Gasteiger partial charge in [-0.15, -0.1) is 0 Å². The van der Waals surface area contributed by atoms with E-state index in [0.717, 1.165) is 0 Å². The van der Waals surface area contributed by atoms with E-state index >= 15 is 0 Å². The third kappa shape index (κ3) is 10.5. The lowest BCUT2D eigenvalue weighted by Crippen LogP contribution is -2.44. The molecule has 0 aliphatic carbocycles. The lowest BCUT2D eigenvalue weighted by atomic mass is 10.1. The molecule has 6 N–H and O–H groups in total.